The molecule has 0 unspecified atom stereocenters. The first-order valence-electron chi connectivity index (χ1n) is 4.42. The second-order valence-corrected chi connectivity index (χ2v) is 3.47. The molecule has 1 aliphatic heterocycles. The smallest absolute Gasteiger partial charge is 0.291 e. The zero-order valence-electron chi connectivity index (χ0n) is 7.73. The van der Waals surface area contributed by atoms with Crippen LogP contribution in [0.1, 0.15) is 6.42 Å². The summed E-state index contributed by atoms with van der Waals surface area (Å²) < 4.78 is 10.6. The van der Waals surface area contributed by atoms with E-state index in [-0.39, 0.29) is 10.7 Å². The lowest BCUT2D eigenvalue weighted by Crippen LogP contribution is -1.97. The average molecular weight is 230 g/mol. The highest BCUT2D eigenvalue weighted by molar-refractivity contribution is 6.32. The quantitative estimate of drug-likeness (QED) is 0.548. The first-order valence-corrected chi connectivity index (χ1v) is 4.80. The lowest BCUT2D eigenvalue weighted by molar-refractivity contribution is -0.384. The van der Waals surface area contributed by atoms with Crippen molar-refractivity contribution in [2.45, 2.75) is 6.42 Å². The van der Waals surface area contributed by atoms with Gasteiger partial charge >= 0.3 is 0 Å². The highest BCUT2D eigenvalue weighted by Crippen LogP contribution is 2.38. The molecule has 0 radical (unpaired) electrons. The van der Waals surface area contributed by atoms with Crippen LogP contribution >= 0.6 is 11.6 Å². The number of nitro groups is 1. The summed E-state index contributed by atoms with van der Waals surface area (Å²) in [5.74, 6) is 0.840. The fourth-order valence-electron chi connectivity index (χ4n) is 1.31. The van der Waals surface area contributed by atoms with Crippen molar-refractivity contribution >= 4 is 17.3 Å². The van der Waals surface area contributed by atoms with Crippen molar-refractivity contribution in [1.82, 2.24) is 0 Å². The Bertz CT molecular complexity index is 407. The fourth-order valence-corrected chi connectivity index (χ4v) is 1.54. The van der Waals surface area contributed by atoms with Crippen molar-refractivity contribution in [3.63, 3.8) is 0 Å². The number of halogens is 1. The van der Waals surface area contributed by atoms with Gasteiger partial charge in [0.25, 0.3) is 5.69 Å². The number of nitrogens with zero attached hydrogens (tertiary/aromatic N) is 1. The van der Waals surface area contributed by atoms with Crippen LogP contribution in [0.5, 0.6) is 11.5 Å². The number of ether oxygens (including phenoxy) is 2. The highest BCUT2D eigenvalue weighted by Gasteiger charge is 2.20. The van der Waals surface area contributed by atoms with Gasteiger partial charge in [0.2, 0.25) is 0 Å². The van der Waals surface area contributed by atoms with Crippen LogP contribution < -0.4 is 9.47 Å². The standard InChI is InChI=1S/C9H8ClNO4/c10-6-4-8-9(5-7(6)11(12)13)15-3-1-2-14-8/h4-5H,1-3H2. The maximum absolute atomic E-state index is 10.6. The predicted octanol–water partition coefficient (Wildman–Crippen LogP) is 2.41. The minimum Gasteiger partial charge on any atom is -0.490 e. The Morgan fingerprint density at radius 2 is 1.87 bits per heavy atom. The molecule has 6 heteroatoms. The van der Waals surface area contributed by atoms with Gasteiger partial charge in [-0.05, 0) is 0 Å². The molecular formula is C9H8ClNO4. The van der Waals surface area contributed by atoms with Crippen LogP contribution in [0.3, 0.4) is 0 Å². The predicted molar refractivity (Wildman–Crippen MR) is 53.7 cm³/mol. The molecule has 1 aromatic carbocycles. The summed E-state index contributed by atoms with van der Waals surface area (Å²) in [5, 5.41) is 10.7. The molecule has 0 aliphatic carbocycles. The molecule has 1 aromatic rings. The van der Waals surface area contributed by atoms with Gasteiger partial charge in [-0.2, -0.15) is 0 Å². The third-order valence-electron chi connectivity index (χ3n) is 2.01. The number of hydrogen-bond donors (Lipinski definition) is 0. The molecular weight excluding hydrogens is 222 g/mol. The van der Waals surface area contributed by atoms with Gasteiger partial charge in [-0.15, -0.1) is 0 Å². The van der Waals surface area contributed by atoms with Gasteiger partial charge in [-0.25, -0.2) is 0 Å². The normalized spacial score (nSPS) is 14.5. The maximum atomic E-state index is 10.6. The molecule has 0 bridgehead atoms. The van der Waals surface area contributed by atoms with E-state index >= 15 is 0 Å². The van der Waals surface area contributed by atoms with Crippen molar-refractivity contribution in [2.24, 2.45) is 0 Å². The van der Waals surface area contributed by atoms with E-state index in [0.29, 0.717) is 24.7 Å². The lowest BCUT2D eigenvalue weighted by atomic mass is 10.3. The molecule has 2 rings (SSSR count). The van der Waals surface area contributed by atoms with E-state index in [1.807, 2.05) is 0 Å². The average Bonchev–Trinajstić information content (AvgIpc) is 2.40. The minimum absolute atomic E-state index is 0.0595. The number of rotatable bonds is 1. The SMILES string of the molecule is O=[N+]([O-])c1cc2c(cc1Cl)OCCCO2. The van der Waals surface area contributed by atoms with Gasteiger partial charge in [-0.1, -0.05) is 11.6 Å². The molecule has 0 fully saturated rings. The number of nitro benzene ring substituents is 1. The van der Waals surface area contributed by atoms with Crippen LogP contribution in [-0.2, 0) is 0 Å². The van der Waals surface area contributed by atoms with Gasteiger partial charge in [0.1, 0.15) is 5.02 Å². The summed E-state index contributed by atoms with van der Waals surface area (Å²) >= 11 is 5.73. The Kier molecular flexibility index (Phi) is 2.64. The number of benzene rings is 1. The summed E-state index contributed by atoms with van der Waals surface area (Å²) in [5.41, 5.74) is -0.166. The third kappa shape index (κ3) is 1.97. The molecule has 1 aliphatic rings. The van der Waals surface area contributed by atoms with Crippen molar-refractivity contribution in [2.75, 3.05) is 13.2 Å². The van der Waals surface area contributed by atoms with E-state index in [4.69, 9.17) is 21.1 Å². The first-order chi connectivity index (χ1) is 7.18. The van der Waals surface area contributed by atoms with Gasteiger partial charge in [0, 0.05) is 12.5 Å². The molecule has 5 nitrogen and oxygen atoms in total. The summed E-state index contributed by atoms with van der Waals surface area (Å²) in [4.78, 5) is 10.1. The van der Waals surface area contributed by atoms with Crippen molar-refractivity contribution in [3.8, 4) is 11.5 Å². The van der Waals surface area contributed by atoms with Crippen LogP contribution in [0.4, 0.5) is 5.69 Å². The molecule has 0 spiro atoms. The molecule has 1 heterocycles. The Morgan fingerprint density at radius 1 is 1.27 bits per heavy atom. The zero-order valence-corrected chi connectivity index (χ0v) is 8.49. The molecule has 0 amide bonds. The largest absolute Gasteiger partial charge is 0.490 e. The molecule has 0 saturated carbocycles. The van der Waals surface area contributed by atoms with Gasteiger partial charge < -0.3 is 9.47 Å². The Balaban J connectivity index is 2.47. The summed E-state index contributed by atoms with van der Waals surface area (Å²) in [7, 11) is 0. The van der Waals surface area contributed by atoms with E-state index in [0.717, 1.165) is 6.42 Å². The van der Waals surface area contributed by atoms with E-state index in [1.165, 1.54) is 12.1 Å². The topological polar surface area (TPSA) is 61.6 Å². The van der Waals surface area contributed by atoms with Crippen LogP contribution in [0, 0.1) is 10.1 Å². The van der Waals surface area contributed by atoms with E-state index in [2.05, 4.69) is 0 Å². The van der Waals surface area contributed by atoms with Crippen LogP contribution in [0.2, 0.25) is 5.02 Å². The van der Waals surface area contributed by atoms with E-state index < -0.39 is 4.92 Å². The number of hydrogen-bond acceptors (Lipinski definition) is 4. The van der Waals surface area contributed by atoms with Crippen molar-refractivity contribution < 1.29 is 14.4 Å². The summed E-state index contributed by atoms with van der Waals surface area (Å²) in [6, 6.07) is 2.71. The molecule has 0 atom stereocenters. The fraction of sp³-hybridized carbons (Fsp3) is 0.333. The van der Waals surface area contributed by atoms with Crippen LogP contribution in [-0.4, -0.2) is 18.1 Å². The second-order valence-electron chi connectivity index (χ2n) is 3.06. The molecule has 15 heavy (non-hydrogen) atoms. The van der Waals surface area contributed by atoms with E-state index in [9.17, 15) is 10.1 Å². The number of fused-ring (bicyclic) bond motifs is 1. The van der Waals surface area contributed by atoms with Crippen LogP contribution in [0.15, 0.2) is 12.1 Å². The summed E-state index contributed by atoms with van der Waals surface area (Å²) in [6.45, 7) is 1.02. The highest BCUT2D eigenvalue weighted by atomic mass is 35.5. The van der Waals surface area contributed by atoms with E-state index in [1.54, 1.807) is 0 Å². The molecule has 0 saturated heterocycles. The molecule has 0 aromatic heterocycles. The van der Waals surface area contributed by atoms with Crippen molar-refractivity contribution in [1.29, 1.82) is 0 Å². The van der Waals surface area contributed by atoms with Crippen LogP contribution in [0.25, 0.3) is 0 Å². The monoisotopic (exact) mass is 229 g/mol. The lowest BCUT2D eigenvalue weighted by Gasteiger charge is -2.07. The molecule has 0 N–H and O–H groups in total. The first kappa shape index (κ1) is 10.0. The summed E-state index contributed by atoms with van der Waals surface area (Å²) in [6.07, 6.45) is 0.750. The third-order valence-corrected chi connectivity index (χ3v) is 2.32. The van der Waals surface area contributed by atoms with Crippen molar-refractivity contribution in [3.05, 3.63) is 27.3 Å². The Morgan fingerprint density at radius 3 is 2.47 bits per heavy atom. The zero-order chi connectivity index (χ0) is 10.8. The van der Waals surface area contributed by atoms with Gasteiger partial charge in [0.05, 0.1) is 24.2 Å². The second kappa shape index (κ2) is 3.94. The van der Waals surface area contributed by atoms with Gasteiger partial charge in [-0.3, -0.25) is 10.1 Å². The Hall–Kier alpha value is -1.49. The Labute approximate surface area is 90.7 Å². The van der Waals surface area contributed by atoms with Gasteiger partial charge in [0.15, 0.2) is 11.5 Å². The maximum Gasteiger partial charge on any atom is 0.291 e. The molecule has 80 valence electrons. The minimum atomic E-state index is -0.545.